The topological polar surface area (TPSA) is 70.9 Å². The van der Waals surface area contributed by atoms with E-state index in [1.165, 1.54) is 42.7 Å². The number of carbonyl (C=O) groups excluding carboxylic acids is 1. The van der Waals surface area contributed by atoms with Gasteiger partial charge in [0.15, 0.2) is 5.82 Å². The Bertz CT molecular complexity index is 1140. The Hall–Kier alpha value is -3.55. The van der Waals surface area contributed by atoms with Gasteiger partial charge in [-0.2, -0.15) is 0 Å². The monoisotopic (exact) mass is 385 g/mol. The molecule has 5 nitrogen and oxygen atoms in total. The molecule has 0 aliphatic rings. The van der Waals surface area contributed by atoms with Crippen LogP contribution in [0.25, 0.3) is 22.2 Å². The lowest BCUT2D eigenvalue weighted by Crippen LogP contribution is -2.12. The lowest BCUT2D eigenvalue weighted by atomic mass is 10.0. The highest BCUT2D eigenvalue weighted by Crippen LogP contribution is 2.33. The first-order valence-corrected chi connectivity index (χ1v) is 8.47. The lowest BCUT2D eigenvalue weighted by Gasteiger charge is -2.06. The maximum absolute atomic E-state index is 14.2. The number of H-pyrrole nitrogens is 1. The van der Waals surface area contributed by atoms with Gasteiger partial charge in [-0.15, -0.1) is 0 Å². The number of anilines is 1. The van der Waals surface area contributed by atoms with Gasteiger partial charge in [0.1, 0.15) is 23.7 Å². The first-order chi connectivity index (χ1) is 13.5. The minimum atomic E-state index is -0.739. The number of benzene rings is 2. The highest BCUT2D eigenvalue weighted by atomic mass is 19.1. The van der Waals surface area contributed by atoms with E-state index >= 15 is 0 Å². The average Bonchev–Trinajstić information content (AvgIpc) is 3.28. The van der Waals surface area contributed by atoms with Crippen molar-refractivity contribution in [2.24, 2.45) is 0 Å². The van der Waals surface area contributed by atoms with Gasteiger partial charge in [0.2, 0.25) is 5.91 Å². The highest BCUT2D eigenvalue weighted by molar-refractivity contribution is 5.93. The maximum Gasteiger partial charge on any atom is 0.225 e. The van der Waals surface area contributed by atoms with E-state index < -0.39 is 17.5 Å². The van der Waals surface area contributed by atoms with E-state index in [0.717, 1.165) is 6.07 Å². The van der Waals surface area contributed by atoms with Crippen LogP contribution in [0.1, 0.15) is 12.0 Å². The Balaban J connectivity index is 1.70. The van der Waals surface area contributed by atoms with Crippen molar-refractivity contribution in [3.63, 3.8) is 0 Å². The number of halogens is 3. The van der Waals surface area contributed by atoms with Crippen LogP contribution in [0.15, 0.2) is 53.3 Å². The molecule has 0 fully saturated rings. The summed E-state index contributed by atoms with van der Waals surface area (Å²) in [5, 5.41) is 6.51. The van der Waals surface area contributed by atoms with E-state index in [9.17, 15) is 18.0 Å². The molecular weight excluding hydrogens is 371 g/mol. The maximum atomic E-state index is 14.2. The van der Waals surface area contributed by atoms with Gasteiger partial charge in [-0.3, -0.25) is 4.79 Å². The standard InChI is InChI=1S/C20H14F3N3O2/c21-12-3-1-11(2-4-12)19-14(5-6-18(27)24-17-7-8-28-26-17)15-9-13(22)10-16(23)20(15)25-19/h1-4,7-10,25H,5-6H2,(H,24,26,27). The molecule has 0 aliphatic carbocycles. The number of carbonyl (C=O) groups is 1. The summed E-state index contributed by atoms with van der Waals surface area (Å²) in [6.07, 6.45) is 1.58. The molecule has 0 aliphatic heterocycles. The molecule has 0 unspecified atom stereocenters. The second-order valence-corrected chi connectivity index (χ2v) is 6.23. The molecule has 2 heterocycles. The number of fused-ring (bicyclic) bond motifs is 1. The lowest BCUT2D eigenvalue weighted by molar-refractivity contribution is -0.116. The number of amides is 1. The van der Waals surface area contributed by atoms with Crippen molar-refractivity contribution in [1.82, 2.24) is 10.1 Å². The third kappa shape index (κ3) is 3.48. The molecule has 0 bridgehead atoms. The number of nitrogens with one attached hydrogen (secondary N) is 2. The minimum Gasteiger partial charge on any atom is -0.363 e. The van der Waals surface area contributed by atoms with Crippen LogP contribution in [0.3, 0.4) is 0 Å². The highest BCUT2D eigenvalue weighted by Gasteiger charge is 2.18. The van der Waals surface area contributed by atoms with E-state index in [-0.39, 0.29) is 30.1 Å². The number of aromatic amines is 1. The largest absolute Gasteiger partial charge is 0.363 e. The number of nitrogens with zero attached hydrogens (tertiary/aromatic N) is 1. The molecule has 28 heavy (non-hydrogen) atoms. The molecule has 4 aromatic rings. The molecule has 142 valence electrons. The summed E-state index contributed by atoms with van der Waals surface area (Å²) >= 11 is 0. The van der Waals surface area contributed by atoms with Crippen molar-refractivity contribution in [2.45, 2.75) is 12.8 Å². The second kappa shape index (κ2) is 7.22. The molecule has 0 spiro atoms. The van der Waals surface area contributed by atoms with Gasteiger partial charge in [0, 0.05) is 29.6 Å². The molecule has 1 amide bonds. The van der Waals surface area contributed by atoms with Crippen LogP contribution in [-0.2, 0) is 11.2 Å². The number of hydrogen-bond acceptors (Lipinski definition) is 3. The van der Waals surface area contributed by atoms with Gasteiger partial charge in [0.25, 0.3) is 0 Å². The number of aryl methyl sites for hydroxylation is 1. The Morgan fingerprint density at radius 2 is 1.86 bits per heavy atom. The fraction of sp³-hybridized carbons (Fsp3) is 0.100. The van der Waals surface area contributed by atoms with E-state index in [2.05, 4.69) is 20.0 Å². The molecule has 0 radical (unpaired) electrons. The van der Waals surface area contributed by atoms with E-state index in [0.29, 0.717) is 22.2 Å². The van der Waals surface area contributed by atoms with Crippen molar-refractivity contribution in [3.05, 3.63) is 71.7 Å². The van der Waals surface area contributed by atoms with Gasteiger partial charge in [0.05, 0.1) is 5.52 Å². The smallest absolute Gasteiger partial charge is 0.225 e. The SMILES string of the molecule is O=C(CCc1c(-c2ccc(F)cc2)[nH]c2c(F)cc(F)cc12)Nc1ccon1. The molecule has 2 aromatic carbocycles. The van der Waals surface area contributed by atoms with Gasteiger partial charge in [-0.25, -0.2) is 13.2 Å². The van der Waals surface area contributed by atoms with Crippen LogP contribution in [0, 0.1) is 17.5 Å². The van der Waals surface area contributed by atoms with Gasteiger partial charge >= 0.3 is 0 Å². The van der Waals surface area contributed by atoms with Crippen molar-refractivity contribution in [2.75, 3.05) is 5.32 Å². The Kier molecular flexibility index (Phi) is 4.60. The molecule has 0 saturated heterocycles. The number of aromatic nitrogens is 2. The van der Waals surface area contributed by atoms with Crippen molar-refractivity contribution in [1.29, 1.82) is 0 Å². The Morgan fingerprint density at radius 1 is 1.07 bits per heavy atom. The molecule has 2 N–H and O–H groups in total. The predicted molar refractivity (Wildman–Crippen MR) is 97.1 cm³/mol. The van der Waals surface area contributed by atoms with Crippen LogP contribution in [0.4, 0.5) is 19.0 Å². The van der Waals surface area contributed by atoms with Crippen LogP contribution in [0.5, 0.6) is 0 Å². The summed E-state index contributed by atoms with van der Waals surface area (Å²) in [6.45, 7) is 0. The summed E-state index contributed by atoms with van der Waals surface area (Å²) in [5.41, 5.74) is 1.81. The van der Waals surface area contributed by atoms with E-state index in [4.69, 9.17) is 0 Å². The average molecular weight is 385 g/mol. The van der Waals surface area contributed by atoms with Crippen LogP contribution < -0.4 is 5.32 Å². The third-order valence-electron chi connectivity index (χ3n) is 4.37. The quantitative estimate of drug-likeness (QED) is 0.518. The number of hydrogen-bond donors (Lipinski definition) is 2. The van der Waals surface area contributed by atoms with Crippen molar-refractivity contribution < 1.29 is 22.5 Å². The fourth-order valence-electron chi connectivity index (χ4n) is 3.12. The van der Waals surface area contributed by atoms with E-state index in [1.807, 2.05) is 0 Å². The molecule has 8 heteroatoms. The summed E-state index contributed by atoms with van der Waals surface area (Å²) in [4.78, 5) is 15.1. The first-order valence-electron chi connectivity index (χ1n) is 8.47. The molecule has 0 saturated carbocycles. The normalized spacial score (nSPS) is 11.1. The van der Waals surface area contributed by atoms with Crippen LogP contribution in [0.2, 0.25) is 0 Å². The van der Waals surface area contributed by atoms with Crippen molar-refractivity contribution in [3.8, 4) is 11.3 Å². The zero-order valence-electron chi connectivity index (χ0n) is 14.4. The summed E-state index contributed by atoms with van der Waals surface area (Å²) in [5.74, 6) is -1.92. The van der Waals surface area contributed by atoms with Gasteiger partial charge in [-0.05, 0) is 47.9 Å². The van der Waals surface area contributed by atoms with Gasteiger partial charge < -0.3 is 14.8 Å². The molecular formula is C20H14F3N3O2. The summed E-state index contributed by atoms with van der Waals surface area (Å²) < 4.78 is 46.0. The predicted octanol–water partition coefficient (Wildman–Crippen LogP) is 4.81. The van der Waals surface area contributed by atoms with Crippen LogP contribution >= 0.6 is 0 Å². The van der Waals surface area contributed by atoms with E-state index in [1.54, 1.807) is 0 Å². The molecule has 4 rings (SSSR count). The molecule has 0 atom stereocenters. The minimum absolute atomic E-state index is 0.0478. The fourth-order valence-corrected chi connectivity index (χ4v) is 3.12. The third-order valence-corrected chi connectivity index (χ3v) is 4.37. The summed E-state index contributed by atoms with van der Waals surface area (Å²) in [7, 11) is 0. The zero-order valence-corrected chi connectivity index (χ0v) is 14.4. The Morgan fingerprint density at radius 3 is 2.57 bits per heavy atom. The Labute approximate surface area is 157 Å². The second-order valence-electron chi connectivity index (χ2n) is 6.23. The van der Waals surface area contributed by atoms with Crippen molar-refractivity contribution >= 4 is 22.6 Å². The first kappa shape index (κ1) is 17.8. The number of rotatable bonds is 5. The van der Waals surface area contributed by atoms with Gasteiger partial charge in [-0.1, -0.05) is 5.16 Å². The molecule has 2 aromatic heterocycles. The van der Waals surface area contributed by atoms with Crippen LogP contribution in [-0.4, -0.2) is 16.0 Å². The zero-order chi connectivity index (χ0) is 19.7. The summed E-state index contributed by atoms with van der Waals surface area (Å²) in [6, 6.07) is 9.12.